The first-order valence-corrected chi connectivity index (χ1v) is 9.41. The molecule has 0 saturated heterocycles. The lowest BCUT2D eigenvalue weighted by Crippen LogP contribution is -2.27. The van der Waals surface area contributed by atoms with Crippen molar-refractivity contribution >= 4 is 29.2 Å². The van der Waals surface area contributed by atoms with Crippen molar-refractivity contribution in [3.63, 3.8) is 0 Å². The molecule has 1 nitrogen and oxygen atoms in total. The highest BCUT2D eigenvalue weighted by Crippen LogP contribution is 2.36. The molecule has 0 spiro atoms. The molecule has 130 valence electrons. The number of nitrogens with zero attached hydrogens (tertiary/aromatic N) is 1. The first-order chi connectivity index (χ1) is 12.0. The van der Waals surface area contributed by atoms with Gasteiger partial charge in [0.15, 0.2) is 0 Å². The molecule has 2 rings (SSSR count). The minimum absolute atomic E-state index is 0.280. The van der Waals surface area contributed by atoms with Crippen molar-refractivity contribution in [2.24, 2.45) is 0 Å². The van der Waals surface area contributed by atoms with Gasteiger partial charge in [0.2, 0.25) is 0 Å². The fourth-order valence-corrected chi connectivity index (χ4v) is 3.89. The predicted octanol–water partition coefficient (Wildman–Crippen LogP) is 7.06. The molecular weight excluding hydrogens is 322 g/mol. The Balaban J connectivity index is 2.62. The fraction of sp³-hybridized carbons (Fsp3) is 0.217. The summed E-state index contributed by atoms with van der Waals surface area (Å²) in [6.07, 6.45) is 17.8. The van der Waals surface area contributed by atoms with Gasteiger partial charge < -0.3 is 4.90 Å². The highest BCUT2D eigenvalue weighted by molar-refractivity contribution is 7.14. The van der Waals surface area contributed by atoms with Crippen LogP contribution in [0.4, 0.5) is 0 Å². The summed E-state index contributed by atoms with van der Waals surface area (Å²) in [6.45, 7) is 18.5. The number of hydrogen-bond donors (Lipinski definition) is 0. The van der Waals surface area contributed by atoms with Crippen LogP contribution in [-0.2, 0) is 0 Å². The van der Waals surface area contributed by atoms with E-state index >= 15 is 0 Å². The smallest absolute Gasteiger partial charge is 0.0594 e. The van der Waals surface area contributed by atoms with Gasteiger partial charge in [0, 0.05) is 16.6 Å². The lowest BCUT2D eigenvalue weighted by atomic mass is 10.1. The number of allylic oxidation sites excluding steroid dienone is 7. The number of thiophene rings is 1. The Morgan fingerprint density at radius 2 is 2.08 bits per heavy atom. The Morgan fingerprint density at radius 1 is 1.32 bits per heavy atom. The van der Waals surface area contributed by atoms with Crippen molar-refractivity contribution in [2.75, 3.05) is 0 Å². The molecule has 1 aliphatic rings. The van der Waals surface area contributed by atoms with Gasteiger partial charge in [0.05, 0.1) is 10.6 Å². The monoisotopic (exact) mass is 349 g/mol. The topological polar surface area (TPSA) is 3.24 Å². The van der Waals surface area contributed by atoms with Gasteiger partial charge in [0.1, 0.15) is 0 Å². The third-order valence-electron chi connectivity index (χ3n) is 4.00. The minimum Gasteiger partial charge on any atom is -0.338 e. The summed E-state index contributed by atoms with van der Waals surface area (Å²) < 4.78 is 0. The summed E-state index contributed by atoms with van der Waals surface area (Å²) in [5.74, 6) is 0. The minimum atomic E-state index is 0.280. The van der Waals surface area contributed by atoms with Crippen LogP contribution in [0.15, 0.2) is 73.5 Å². The van der Waals surface area contributed by atoms with Crippen molar-refractivity contribution in [1.82, 2.24) is 4.90 Å². The predicted molar refractivity (Wildman–Crippen MR) is 115 cm³/mol. The third kappa shape index (κ3) is 4.40. The molecule has 0 unspecified atom stereocenters. The maximum absolute atomic E-state index is 4.20. The second-order valence-electron chi connectivity index (χ2n) is 6.17. The highest BCUT2D eigenvalue weighted by Gasteiger charge is 2.20. The van der Waals surface area contributed by atoms with Crippen LogP contribution in [0.25, 0.3) is 17.8 Å². The van der Waals surface area contributed by atoms with Crippen LogP contribution in [0.1, 0.15) is 42.5 Å². The molecule has 1 heterocycles. The van der Waals surface area contributed by atoms with E-state index in [9.17, 15) is 0 Å². The molecule has 0 N–H and O–H groups in total. The van der Waals surface area contributed by atoms with Gasteiger partial charge in [0.25, 0.3) is 0 Å². The zero-order chi connectivity index (χ0) is 18.4. The van der Waals surface area contributed by atoms with E-state index in [-0.39, 0.29) is 6.04 Å². The molecule has 0 saturated carbocycles. The Bertz CT molecular complexity index is 781. The lowest BCUT2D eigenvalue weighted by molar-refractivity contribution is 0.418. The molecule has 1 aromatic rings. The Morgan fingerprint density at radius 3 is 2.60 bits per heavy atom. The van der Waals surface area contributed by atoms with Gasteiger partial charge in [-0.1, -0.05) is 56.2 Å². The molecule has 0 bridgehead atoms. The summed E-state index contributed by atoms with van der Waals surface area (Å²) in [5, 5.41) is 0. The van der Waals surface area contributed by atoms with Gasteiger partial charge >= 0.3 is 0 Å². The van der Waals surface area contributed by atoms with Crippen LogP contribution < -0.4 is 0 Å². The van der Waals surface area contributed by atoms with Crippen molar-refractivity contribution < 1.29 is 0 Å². The fourth-order valence-electron chi connectivity index (χ4n) is 2.88. The van der Waals surface area contributed by atoms with Crippen molar-refractivity contribution in [3.05, 3.63) is 88.8 Å². The summed E-state index contributed by atoms with van der Waals surface area (Å²) in [7, 11) is 0. The quantitative estimate of drug-likeness (QED) is 0.454. The van der Waals surface area contributed by atoms with Crippen LogP contribution in [0.3, 0.4) is 0 Å². The van der Waals surface area contributed by atoms with Crippen LogP contribution >= 0.6 is 11.3 Å². The van der Waals surface area contributed by atoms with Gasteiger partial charge in [-0.15, -0.1) is 11.3 Å². The number of hydrogen-bond acceptors (Lipinski definition) is 2. The number of rotatable bonds is 8. The molecular formula is C23H27NS. The molecule has 0 atom stereocenters. The summed E-state index contributed by atoms with van der Waals surface area (Å²) in [4.78, 5) is 4.64. The van der Waals surface area contributed by atoms with E-state index in [0.29, 0.717) is 0 Å². The van der Waals surface area contributed by atoms with Crippen LogP contribution in [0.5, 0.6) is 0 Å². The molecule has 1 aromatic heterocycles. The van der Waals surface area contributed by atoms with E-state index in [1.54, 1.807) is 11.3 Å². The molecule has 1 aliphatic carbocycles. The van der Waals surface area contributed by atoms with E-state index in [2.05, 4.69) is 81.0 Å². The Labute approximate surface area is 156 Å². The SMILES string of the molecule is C=CC(=C)N(/C(=C\C1=CCC=C1)c1cc(/C=C\C)c(C=C)s1)C(C)C. The average molecular weight is 350 g/mol. The van der Waals surface area contributed by atoms with Gasteiger partial charge in [-0.05, 0) is 56.5 Å². The van der Waals surface area contributed by atoms with E-state index < -0.39 is 0 Å². The van der Waals surface area contributed by atoms with Gasteiger partial charge in [-0.2, -0.15) is 0 Å². The Kier molecular flexibility index (Phi) is 6.60. The molecule has 25 heavy (non-hydrogen) atoms. The summed E-state index contributed by atoms with van der Waals surface area (Å²) in [5.41, 5.74) is 4.50. The van der Waals surface area contributed by atoms with Crippen LogP contribution in [0.2, 0.25) is 0 Å². The molecule has 0 fully saturated rings. The first kappa shape index (κ1) is 19.0. The maximum Gasteiger partial charge on any atom is 0.0594 e. The van der Waals surface area contributed by atoms with Crippen LogP contribution in [-0.4, -0.2) is 10.9 Å². The van der Waals surface area contributed by atoms with Crippen molar-refractivity contribution in [2.45, 2.75) is 33.2 Å². The second kappa shape index (κ2) is 8.68. The standard InChI is InChI=1S/C23H27NS/c1-7-12-20-16-23(25-22(20)9-3)21(15-19-13-10-11-14-19)24(17(4)5)18(6)8-2/h7-10,12-17H,2-3,6,11H2,1,4-5H3/b12-7-,21-15-. The molecule has 2 heteroatoms. The van der Waals surface area contributed by atoms with Crippen molar-refractivity contribution in [3.8, 4) is 0 Å². The lowest BCUT2D eigenvalue weighted by Gasteiger charge is -2.31. The van der Waals surface area contributed by atoms with Crippen molar-refractivity contribution in [1.29, 1.82) is 0 Å². The highest BCUT2D eigenvalue weighted by atomic mass is 32.1. The molecule has 0 amide bonds. The second-order valence-corrected chi connectivity index (χ2v) is 7.25. The van der Waals surface area contributed by atoms with E-state index in [1.165, 1.54) is 20.9 Å². The Hall–Kier alpha value is -2.32. The molecule has 0 aromatic carbocycles. The molecule has 0 aliphatic heterocycles. The summed E-state index contributed by atoms with van der Waals surface area (Å²) in [6, 6.07) is 2.51. The zero-order valence-corrected chi connectivity index (χ0v) is 16.3. The average Bonchev–Trinajstić information content (AvgIpc) is 3.23. The first-order valence-electron chi connectivity index (χ1n) is 8.60. The zero-order valence-electron chi connectivity index (χ0n) is 15.5. The third-order valence-corrected chi connectivity index (χ3v) is 5.17. The maximum atomic E-state index is 4.20. The molecule has 0 radical (unpaired) electrons. The largest absolute Gasteiger partial charge is 0.338 e. The van der Waals surface area contributed by atoms with E-state index in [4.69, 9.17) is 0 Å². The van der Waals surface area contributed by atoms with Crippen LogP contribution in [0, 0.1) is 0 Å². The summed E-state index contributed by atoms with van der Waals surface area (Å²) >= 11 is 1.76. The van der Waals surface area contributed by atoms with E-state index in [0.717, 1.165) is 17.8 Å². The normalized spacial score (nSPS) is 14.2. The van der Waals surface area contributed by atoms with E-state index in [1.807, 2.05) is 19.1 Å². The van der Waals surface area contributed by atoms with Gasteiger partial charge in [-0.25, -0.2) is 0 Å². The van der Waals surface area contributed by atoms with Gasteiger partial charge in [-0.3, -0.25) is 0 Å².